The number of fused-ring (bicyclic) bond motifs is 1. The highest BCUT2D eigenvalue weighted by Gasteiger charge is 2.35. The van der Waals surface area contributed by atoms with Crippen LogP contribution < -0.4 is 10.6 Å². The first-order valence-corrected chi connectivity index (χ1v) is 9.44. The van der Waals surface area contributed by atoms with Crippen molar-refractivity contribution in [2.75, 3.05) is 11.9 Å². The molecule has 27 heavy (non-hydrogen) atoms. The fraction of sp³-hybridized carbons (Fsp3) is 0.250. The average molecular weight is 430 g/mol. The highest BCUT2D eigenvalue weighted by Crippen LogP contribution is 2.26. The maximum Gasteiger partial charge on any atom is 0.319 e. The Morgan fingerprint density at radius 1 is 1.07 bits per heavy atom. The Balaban J connectivity index is 1.67. The minimum atomic E-state index is -0.387. The molecule has 7 heteroatoms. The van der Waals surface area contributed by atoms with Crippen LogP contribution in [0.1, 0.15) is 40.1 Å². The van der Waals surface area contributed by atoms with Gasteiger partial charge in [-0.2, -0.15) is 0 Å². The van der Waals surface area contributed by atoms with Gasteiger partial charge >= 0.3 is 6.03 Å². The maximum atomic E-state index is 12.5. The largest absolute Gasteiger partial charge is 0.334 e. The number of nitrogens with zero attached hydrogens (tertiary/aromatic N) is 1. The van der Waals surface area contributed by atoms with E-state index in [0.717, 1.165) is 10.0 Å². The van der Waals surface area contributed by atoms with Gasteiger partial charge in [0.25, 0.3) is 11.8 Å². The maximum absolute atomic E-state index is 12.5. The summed E-state index contributed by atoms with van der Waals surface area (Å²) in [5.41, 5.74) is 2.11. The Hall–Kier alpha value is -2.67. The summed E-state index contributed by atoms with van der Waals surface area (Å²) in [6.45, 7) is 4.64. The van der Waals surface area contributed by atoms with Crippen LogP contribution in [0.15, 0.2) is 46.9 Å². The van der Waals surface area contributed by atoms with E-state index in [1.54, 1.807) is 18.2 Å². The van der Waals surface area contributed by atoms with E-state index >= 15 is 0 Å². The Morgan fingerprint density at radius 2 is 1.78 bits per heavy atom. The molecule has 1 aliphatic rings. The minimum Gasteiger partial charge on any atom is -0.334 e. The number of carbonyl (C=O) groups excluding carboxylic acids is 3. The minimum absolute atomic E-state index is 0.188. The fourth-order valence-electron chi connectivity index (χ4n) is 2.89. The van der Waals surface area contributed by atoms with Crippen LogP contribution in [-0.4, -0.2) is 29.3 Å². The van der Waals surface area contributed by atoms with Crippen LogP contribution >= 0.6 is 15.9 Å². The number of amides is 4. The fourth-order valence-corrected chi connectivity index (χ4v) is 3.32. The third kappa shape index (κ3) is 4.19. The molecular formula is C20H20BrN3O3. The highest BCUT2D eigenvalue weighted by molar-refractivity contribution is 9.10. The van der Waals surface area contributed by atoms with E-state index in [0.29, 0.717) is 29.9 Å². The predicted molar refractivity (Wildman–Crippen MR) is 107 cm³/mol. The zero-order valence-corrected chi connectivity index (χ0v) is 16.7. The van der Waals surface area contributed by atoms with Crippen molar-refractivity contribution in [2.45, 2.75) is 20.4 Å². The molecule has 3 rings (SSSR count). The van der Waals surface area contributed by atoms with Gasteiger partial charge in [0.2, 0.25) is 0 Å². The molecular weight excluding hydrogens is 410 g/mol. The Bertz CT molecular complexity index is 911. The molecule has 6 nitrogen and oxygen atoms in total. The van der Waals surface area contributed by atoms with E-state index in [1.165, 1.54) is 4.90 Å². The molecule has 2 aromatic carbocycles. The Morgan fingerprint density at radius 3 is 2.48 bits per heavy atom. The lowest BCUT2D eigenvalue weighted by Gasteiger charge is -2.15. The van der Waals surface area contributed by atoms with Gasteiger partial charge in [0.15, 0.2) is 0 Å². The topological polar surface area (TPSA) is 78.5 Å². The number of benzene rings is 2. The zero-order valence-electron chi connectivity index (χ0n) is 15.1. The van der Waals surface area contributed by atoms with Gasteiger partial charge in [0, 0.05) is 23.2 Å². The number of imide groups is 1. The predicted octanol–water partition coefficient (Wildman–Crippen LogP) is 4.02. The molecule has 0 aromatic heterocycles. The lowest BCUT2D eigenvalue weighted by atomic mass is 10.1. The molecule has 0 fully saturated rings. The van der Waals surface area contributed by atoms with Gasteiger partial charge in [-0.1, -0.05) is 48.0 Å². The van der Waals surface area contributed by atoms with Crippen LogP contribution in [0.2, 0.25) is 0 Å². The molecule has 2 aromatic rings. The lowest BCUT2D eigenvalue weighted by molar-refractivity contribution is 0.0636. The summed E-state index contributed by atoms with van der Waals surface area (Å²) in [7, 11) is 0. The molecule has 1 heterocycles. The molecule has 0 atom stereocenters. The van der Waals surface area contributed by atoms with Crippen molar-refractivity contribution < 1.29 is 14.4 Å². The average Bonchev–Trinajstić information content (AvgIpc) is 2.85. The first kappa shape index (κ1) is 19.1. The van der Waals surface area contributed by atoms with Gasteiger partial charge in [0.05, 0.1) is 11.1 Å². The third-order valence-corrected chi connectivity index (χ3v) is 4.95. The van der Waals surface area contributed by atoms with Crippen LogP contribution in [0.5, 0.6) is 0 Å². The number of nitrogens with one attached hydrogen (secondary N) is 2. The third-order valence-electron chi connectivity index (χ3n) is 4.17. The van der Waals surface area contributed by atoms with Crippen LogP contribution in [0.4, 0.5) is 10.5 Å². The van der Waals surface area contributed by atoms with Crippen molar-refractivity contribution in [2.24, 2.45) is 5.92 Å². The SMILES string of the molecule is CC(C)CN1C(=O)c2ccc(NC(=O)NCc3ccccc3Br)cc2C1=O. The molecule has 140 valence electrons. The lowest BCUT2D eigenvalue weighted by Crippen LogP contribution is -2.33. The number of rotatable bonds is 5. The van der Waals surface area contributed by atoms with Crippen molar-refractivity contribution >= 4 is 39.5 Å². The Kier molecular flexibility index (Phi) is 5.60. The van der Waals surface area contributed by atoms with E-state index in [9.17, 15) is 14.4 Å². The van der Waals surface area contributed by atoms with Crippen molar-refractivity contribution in [1.82, 2.24) is 10.2 Å². The second-order valence-electron chi connectivity index (χ2n) is 6.77. The van der Waals surface area contributed by atoms with Crippen molar-refractivity contribution in [1.29, 1.82) is 0 Å². The zero-order chi connectivity index (χ0) is 19.6. The second kappa shape index (κ2) is 7.92. The normalized spacial score (nSPS) is 13.1. The monoisotopic (exact) mass is 429 g/mol. The summed E-state index contributed by atoms with van der Waals surface area (Å²) in [5, 5.41) is 5.47. The van der Waals surface area contributed by atoms with Crippen LogP contribution in [-0.2, 0) is 6.54 Å². The summed E-state index contributed by atoms with van der Waals surface area (Å²) < 4.78 is 0.914. The van der Waals surface area contributed by atoms with Gasteiger partial charge in [-0.3, -0.25) is 14.5 Å². The van der Waals surface area contributed by atoms with E-state index in [-0.39, 0.29) is 23.8 Å². The standard InChI is InChI=1S/C20H20BrN3O3/c1-12(2)11-24-18(25)15-8-7-14(9-16(15)19(24)26)23-20(27)22-10-13-5-3-4-6-17(13)21/h3-9,12H,10-11H2,1-2H3,(H2,22,23,27). The molecule has 0 radical (unpaired) electrons. The van der Waals surface area contributed by atoms with Gasteiger partial charge in [-0.15, -0.1) is 0 Å². The molecule has 0 bridgehead atoms. The number of hydrogen-bond donors (Lipinski definition) is 2. The summed E-state index contributed by atoms with van der Waals surface area (Å²) >= 11 is 3.44. The molecule has 0 saturated heterocycles. The quantitative estimate of drug-likeness (QED) is 0.704. The molecule has 0 spiro atoms. The van der Waals surface area contributed by atoms with Gasteiger partial charge < -0.3 is 10.6 Å². The van der Waals surface area contributed by atoms with Crippen LogP contribution in [0.3, 0.4) is 0 Å². The van der Waals surface area contributed by atoms with Crippen molar-refractivity contribution in [3.63, 3.8) is 0 Å². The number of urea groups is 1. The number of hydrogen-bond acceptors (Lipinski definition) is 3. The smallest absolute Gasteiger partial charge is 0.319 e. The molecule has 1 aliphatic heterocycles. The van der Waals surface area contributed by atoms with Gasteiger partial charge in [-0.25, -0.2) is 4.79 Å². The summed E-state index contributed by atoms with van der Waals surface area (Å²) in [5.74, 6) is -0.414. The van der Waals surface area contributed by atoms with Crippen LogP contribution in [0, 0.1) is 5.92 Å². The van der Waals surface area contributed by atoms with E-state index in [4.69, 9.17) is 0 Å². The summed E-state index contributed by atoms with van der Waals surface area (Å²) in [4.78, 5) is 38.3. The number of anilines is 1. The van der Waals surface area contributed by atoms with E-state index in [2.05, 4.69) is 26.6 Å². The van der Waals surface area contributed by atoms with Crippen molar-refractivity contribution in [3.05, 3.63) is 63.6 Å². The molecule has 0 saturated carbocycles. The van der Waals surface area contributed by atoms with Gasteiger partial charge in [-0.05, 0) is 35.7 Å². The van der Waals surface area contributed by atoms with E-state index < -0.39 is 0 Å². The number of carbonyl (C=O) groups is 3. The number of halogens is 1. The second-order valence-corrected chi connectivity index (χ2v) is 7.63. The van der Waals surface area contributed by atoms with E-state index in [1.807, 2.05) is 38.1 Å². The Labute approximate surface area is 166 Å². The van der Waals surface area contributed by atoms with Crippen molar-refractivity contribution in [3.8, 4) is 0 Å². The highest BCUT2D eigenvalue weighted by atomic mass is 79.9. The van der Waals surface area contributed by atoms with Crippen LogP contribution in [0.25, 0.3) is 0 Å². The molecule has 4 amide bonds. The molecule has 2 N–H and O–H groups in total. The first-order valence-electron chi connectivity index (χ1n) is 8.65. The van der Waals surface area contributed by atoms with Gasteiger partial charge in [0.1, 0.15) is 0 Å². The first-order chi connectivity index (χ1) is 12.9. The molecule has 0 unspecified atom stereocenters. The summed E-state index contributed by atoms with van der Waals surface area (Å²) in [6.07, 6.45) is 0. The summed E-state index contributed by atoms with van der Waals surface area (Å²) in [6, 6.07) is 12.0. The molecule has 0 aliphatic carbocycles.